The van der Waals surface area contributed by atoms with E-state index in [4.69, 9.17) is 6.85 Å². The number of fused-ring (bicyclic) bond motifs is 5. The molecule has 4 fully saturated rings. The Balaban J connectivity index is 1.81. The van der Waals surface area contributed by atoms with Crippen molar-refractivity contribution in [3.05, 3.63) is 0 Å². The van der Waals surface area contributed by atoms with Crippen LogP contribution in [-0.4, -0.2) is 42.0 Å². The minimum atomic E-state index is -5.33. The van der Waals surface area contributed by atoms with Gasteiger partial charge >= 0.3 is 10.4 Å². The maximum atomic E-state index is 11.9. The van der Waals surface area contributed by atoms with E-state index in [2.05, 4.69) is 18.0 Å². The average molecular weight is 478 g/mol. The zero-order valence-corrected chi connectivity index (χ0v) is 20.6. The third kappa shape index (κ3) is 3.98. The van der Waals surface area contributed by atoms with Gasteiger partial charge in [0.1, 0.15) is 0 Å². The van der Waals surface area contributed by atoms with Crippen molar-refractivity contribution < 1.29 is 34.2 Å². The van der Waals surface area contributed by atoms with Crippen molar-refractivity contribution in [3.63, 3.8) is 0 Å². The van der Waals surface area contributed by atoms with E-state index >= 15 is 0 Å². The van der Waals surface area contributed by atoms with Crippen LogP contribution in [0.15, 0.2) is 0 Å². The number of aliphatic hydroxyl groups excluding tert-OH is 2. The van der Waals surface area contributed by atoms with Gasteiger partial charge in [0.2, 0.25) is 0 Å². The molecule has 0 aromatic heterocycles. The van der Waals surface area contributed by atoms with Crippen LogP contribution in [0, 0.1) is 52.3 Å². The van der Waals surface area contributed by atoms with E-state index in [0.717, 1.165) is 25.7 Å². The first-order valence-electron chi connectivity index (χ1n) is 14.8. The smallest absolute Gasteiger partial charge is 0.396 e. The number of hydrogen-bond acceptors (Lipinski definition) is 5. The van der Waals surface area contributed by atoms with Crippen molar-refractivity contribution in [3.8, 4) is 0 Å². The maximum Gasteiger partial charge on any atom is 0.397 e. The Morgan fingerprint density at radius 2 is 1.84 bits per heavy atom. The second kappa shape index (κ2) is 8.78. The molecule has 7 heteroatoms. The van der Waals surface area contributed by atoms with Crippen molar-refractivity contribution in [1.82, 2.24) is 0 Å². The quantitative estimate of drug-likeness (QED) is 0.488. The Bertz CT molecular complexity index is 996. The lowest BCUT2D eigenvalue weighted by atomic mass is 9.41. The van der Waals surface area contributed by atoms with Crippen LogP contribution in [0.2, 0.25) is 0 Å². The highest BCUT2D eigenvalue weighted by molar-refractivity contribution is 7.80. The van der Waals surface area contributed by atoms with Crippen LogP contribution in [0.5, 0.6) is 0 Å². The molecule has 4 aliphatic rings. The molecule has 0 amide bonds. The van der Waals surface area contributed by atoms with Crippen LogP contribution in [0.4, 0.5) is 0 Å². The fourth-order valence-electron chi connectivity index (χ4n) is 8.63. The first-order valence-corrected chi connectivity index (χ1v) is 13.7. The van der Waals surface area contributed by atoms with Crippen LogP contribution in [0.3, 0.4) is 0 Å². The first kappa shape index (κ1) is 19.0. The highest BCUT2D eigenvalue weighted by atomic mass is 32.3. The second-order valence-electron chi connectivity index (χ2n) is 11.4. The topological polar surface area (TPSA) is 104 Å². The Kier molecular flexibility index (Phi) is 5.22. The molecule has 4 rings (SSSR count). The molecular weight excluding hydrogens is 428 g/mol. The van der Waals surface area contributed by atoms with Gasteiger partial charge in [0.15, 0.2) is 0 Å². The van der Waals surface area contributed by atoms with Crippen molar-refractivity contribution in [2.24, 2.45) is 52.3 Å². The van der Waals surface area contributed by atoms with Gasteiger partial charge in [-0.05, 0) is 104 Å². The van der Waals surface area contributed by atoms with Gasteiger partial charge in [-0.3, -0.25) is 4.55 Å². The summed E-state index contributed by atoms with van der Waals surface area (Å²) in [7, 11) is -5.33. The minimum absolute atomic E-state index is 0.0435. The predicted octanol–water partition coefficient (Wildman–Crippen LogP) is 4.46. The zero-order chi connectivity index (χ0) is 28.0. The Morgan fingerprint density at radius 3 is 2.47 bits per heavy atom. The summed E-state index contributed by atoms with van der Waals surface area (Å²) in [5.74, 6) is -1.14. The van der Waals surface area contributed by atoms with Gasteiger partial charge in [0, 0.05) is 12.1 Å². The van der Waals surface area contributed by atoms with Crippen molar-refractivity contribution in [1.29, 1.82) is 0 Å². The molecule has 11 atom stereocenters. The summed E-state index contributed by atoms with van der Waals surface area (Å²) in [5, 5.41) is 21.5. The molecule has 186 valence electrons. The third-order valence-electron chi connectivity index (χ3n) is 10.1. The Hall–Kier alpha value is -0.210. The standard InChI is InChI=1S/C25H44O6S/c1-5-17-21-14-16(31-32(28,29)30)8-11-25(21,4)20-9-12-24(3)18(15(2)10-13-26)6-7-19(24)22(20)23(17)27/h15-23,26-27H,5-14H2,1-4H3,(H,28,29,30)/t15-,16-,17-,18-,19+,20+,21+,22?,23-,24-,25-/m1/s1/i8D2,14D2,16D. The van der Waals surface area contributed by atoms with E-state index in [-0.39, 0.29) is 36.2 Å². The van der Waals surface area contributed by atoms with Crippen LogP contribution < -0.4 is 0 Å². The summed E-state index contributed by atoms with van der Waals surface area (Å²) in [6, 6.07) is 0. The lowest BCUT2D eigenvalue weighted by Crippen LogP contribution is -2.62. The van der Waals surface area contributed by atoms with Gasteiger partial charge in [-0.2, -0.15) is 8.42 Å². The largest absolute Gasteiger partial charge is 0.397 e. The zero-order valence-electron chi connectivity index (χ0n) is 24.8. The highest BCUT2D eigenvalue weighted by Gasteiger charge is 2.65. The summed E-state index contributed by atoms with van der Waals surface area (Å²) >= 11 is 0. The van der Waals surface area contributed by atoms with E-state index in [0.29, 0.717) is 24.7 Å². The van der Waals surface area contributed by atoms with Gasteiger partial charge in [-0.25, -0.2) is 4.18 Å². The Morgan fingerprint density at radius 1 is 1.16 bits per heavy atom. The molecule has 0 heterocycles. The molecule has 0 aliphatic heterocycles. The molecule has 0 spiro atoms. The van der Waals surface area contributed by atoms with E-state index in [1.165, 1.54) is 0 Å². The maximum absolute atomic E-state index is 11.9. The van der Waals surface area contributed by atoms with Crippen LogP contribution in [0.25, 0.3) is 0 Å². The van der Waals surface area contributed by atoms with Gasteiger partial charge in [-0.1, -0.05) is 34.1 Å². The summed E-state index contributed by atoms with van der Waals surface area (Å²) < 4.78 is 81.5. The van der Waals surface area contributed by atoms with Crippen molar-refractivity contribution >= 4 is 10.4 Å². The average Bonchev–Trinajstić information content (AvgIpc) is 3.10. The van der Waals surface area contributed by atoms with Crippen molar-refractivity contribution in [2.45, 2.75) is 97.6 Å². The fourth-order valence-corrected chi connectivity index (χ4v) is 8.95. The lowest BCUT2D eigenvalue weighted by molar-refractivity contribution is -0.202. The molecule has 0 aromatic rings. The number of rotatable bonds is 6. The third-order valence-corrected chi connectivity index (χ3v) is 10.4. The molecule has 3 N–H and O–H groups in total. The molecule has 6 nitrogen and oxygen atoms in total. The molecule has 1 unspecified atom stereocenters. The van der Waals surface area contributed by atoms with Crippen LogP contribution in [0.1, 0.15) is 92.2 Å². The first-order chi connectivity index (χ1) is 16.8. The number of hydrogen-bond donors (Lipinski definition) is 3. The van der Waals surface area contributed by atoms with Gasteiger partial charge in [0.25, 0.3) is 0 Å². The molecular formula is C25H44O6S. The summed E-state index contributed by atoms with van der Waals surface area (Å²) in [6.45, 7) is 8.30. The van der Waals surface area contributed by atoms with Crippen molar-refractivity contribution in [2.75, 3.05) is 6.61 Å². The molecule has 4 saturated carbocycles. The van der Waals surface area contributed by atoms with Gasteiger partial charge in [-0.15, -0.1) is 0 Å². The van der Waals surface area contributed by atoms with E-state index in [1.807, 2.05) is 13.8 Å². The summed E-state index contributed by atoms with van der Waals surface area (Å²) in [4.78, 5) is 0. The monoisotopic (exact) mass is 477 g/mol. The Labute approximate surface area is 201 Å². The molecule has 0 bridgehead atoms. The lowest BCUT2D eigenvalue weighted by Gasteiger charge is -2.64. The predicted molar refractivity (Wildman–Crippen MR) is 123 cm³/mol. The molecule has 0 saturated heterocycles. The van der Waals surface area contributed by atoms with E-state index < -0.39 is 52.6 Å². The van der Waals surface area contributed by atoms with Gasteiger partial charge < -0.3 is 10.2 Å². The second-order valence-corrected chi connectivity index (χ2v) is 12.4. The van der Waals surface area contributed by atoms with E-state index in [1.54, 1.807) is 0 Å². The van der Waals surface area contributed by atoms with Crippen LogP contribution >= 0.6 is 0 Å². The normalized spacial score (nSPS) is 57.5. The molecule has 0 radical (unpaired) electrons. The number of aliphatic hydroxyl groups is 2. The molecule has 0 aromatic carbocycles. The molecule has 32 heavy (non-hydrogen) atoms. The van der Waals surface area contributed by atoms with Crippen LogP contribution in [-0.2, 0) is 14.6 Å². The summed E-state index contributed by atoms with van der Waals surface area (Å²) in [5.41, 5.74) is -1.00. The molecule has 4 aliphatic carbocycles. The highest BCUT2D eigenvalue weighted by Crippen LogP contribution is 2.69. The summed E-state index contributed by atoms with van der Waals surface area (Å²) in [6.07, 6.45) is -5.41. The SMILES string of the molecule is [2H]C1([2H])C[C@@]2(C)[C@H]([C@@H](CC)[C@@H](O)C3[C@@H]2CC[C@]2(C)[C@@H]([C@H](C)CCO)CC[C@@H]32)C([2H])([2H])[C@]1([2H])OS(=O)(=O)O. The van der Waals surface area contributed by atoms with Gasteiger partial charge in [0.05, 0.1) is 13.6 Å². The van der Waals surface area contributed by atoms with E-state index in [9.17, 15) is 23.2 Å². The minimum Gasteiger partial charge on any atom is -0.396 e. The fraction of sp³-hybridized carbons (Fsp3) is 1.00.